The quantitative estimate of drug-likeness (QED) is 0.823. The van der Waals surface area contributed by atoms with E-state index in [2.05, 4.69) is 22.3 Å². The number of ether oxygens (including phenoxy) is 2. The number of carbonyl (C=O) groups is 1. The second-order valence-electron chi connectivity index (χ2n) is 8.02. The molecule has 1 aliphatic carbocycles. The normalized spacial score (nSPS) is 28.8. The van der Waals surface area contributed by atoms with Gasteiger partial charge in [-0.1, -0.05) is 12.1 Å². The molecule has 2 atom stereocenters. The number of benzene rings is 1. The minimum atomic E-state index is 0.0890. The molecular weight excluding hydrogens is 316 g/mol. The molecule has 0 radical (unpaired) electrons. The highest BCUT2D eigenvalue weighted by molar-refractivity contribution is 5.76. The summed E-state index contributed by atoms with van der Waals surface area (Å²) in [5.41, 5.74) is 1.39. The monoisotopic (exact) mass is 344 g/mol. The number of hydrogen-bond acceptors (Lipinski definition) is 4. The van der Waals surface area contributed by atoms with E-state index >= 15 is 0 Å². The summed E-state index contributed by atoms with van der Waals surface area (Å²) in [6, 6.07) is 8.30. The van der Waals surface area contributed by atoms with Gasteiger partial charge in [0.2, 0.25) is 5.91 Å². The van der Waals surface area contributed by atoms with Crippen molar-refractivity contribution >= 4 is 5.91 Å². The van der Waals surface area contributed by atoms with Crippen LogP contribution in [0, 0.1) is 17.3 Å². The number of nitrogens with one attached hydrogen (secondary N) is 1. The Morgan fingerprint density at radius 1 is 1.36 bits per heavy atom. The third kappa shape index (κ3) is 3.82. The van der Waals surface area contributed by atoms with Crippen molar-refractivity contribution in [2.75, 3.05) is 40.0 Å². The first-order chi connectivity index (χ1) is 12.2. The molecule has 3 fully saturated rings. The Morgan fingerprint density at radius 3 is 2.88 bits per heavy atom. The van der Waals surface area contributed by atoms with Crippen LogP contribution in [-0.2, 0) is 16.1 Å². The van der Waals surface area contributed by atoms with Crippen molar-refractivity contribution in [3.05, 3.63) is 29.8 Å². The number of amides is 1. The Balaban J connectivity index is 1.34. The van der Waals surface area contributed by atoms with Crippen LogP contribution in [-0.4, -0.2) is 50.8 Å². The first-order valence-electron chi connectivity index (χ1n) is 9.37. The molecule has 0 spiro atoms. The van der Waals surface area contributed by atoms with Crippen molar-refractivity contribution in [1.82, 2.24) is 10.2 Å². The Labute approximate surface area is 149 Å². The molecule has 2 heterocycles. The van der Waals surface area contributed by atoms with Crippen LogP contribution in [0.4, 0.5) is 0 Å². The van der Waals surface area contributed by atoms with Gasteiger partial charge in [-0.15, -0.1) is 0 Å². The molecule has 1 N–H and O–H groups in total. The highest BCUT2D eigenvalue weighted by Gasteiger charge is 2.50. The predicted octanol–water partition coefficient (Wildman–Crippen LogP) is 2.06. The summed E-state index contributed by atoms with van der Waals surface area (Å²) in [5.74, 6) is 2.27. The molecular formula is C20H28N2O3. The van der Waals surface area contributed by atoms with Gasteiger partial charge in [-0.3, -0.25) is 9.69 Å². The lowest BCUT2D eigenvalue weighted by Gasteiger charge is -2.27. The lowest BCUT2D eigenvalue weighted by Crippen LogP contribution is -2.43. The Morgan fingerprint density at radius 2 is 2.16 bits per heavy atom. The van der Waals surface area contributed by atoms with Crippen molar-refractivity contribution in [3.63, 3.8) is 0 Å². The van der Waals surface area contributed by atoms with Gasteiger partial charge in [-0.2, -0.15) is 0 Å². The van der Waals surface area contributed by atoms with Gasteiger partial charge in [-0.25, -0.2) is 0 Å². The Kier molecular flexibility index (Phi) is 4.69. The van der Waals surface area contributed by atoms with Crippen LogP contribution in [0.1, 0.15) is 24.8 Å². The van der Waals surface area contributed by atoms with E-state index in [1.54, 1.807) is 7.11 Å². The van der Waals surface area contributed by atoms with Crippen molar-refractivity contribution in [2.24, 2.45) is 17.3 Å². The molecule has 1 amide bonds. The molecule has 0 unspecified atom stereocenters. The van der Waals surface area contributed by atoms with Crippen LogP contribution in [0.15, 0.2) is 24.3 Å². The fourth-order valence-electron chi connectivity index (χ4n) is 4.23. The van der Waals surface area contributed by atoms with Crippen molar-refractivity contribution in [1.29, 1.82) is 0 Å². The average Bonchev–Trinajstić information content (AvgIpc) is 3.24. The van der Waals surface area contributed by atoms with Gasteiger partial charge in [0, 0.05) is 43.9 Å². The molecule has 2 aliphatic heterocycles. The molecule has 1 aromatic carbocycles. The van der Waals surface area contributed by atoms with Gasteiger partial charge in [0.05, 0.1) is 20.3 Å². The summed E-state index contributed by atoms with van der Waals surface area (Å²) in [7, 11) is 1.69. The predicted molar refractivity (Wildman–Crippen MR) is 95.4 cm³/mol. The molecule has 3 aliphatic rings. The van der Waals surface area contributed by atoms with Gasteiger partial charge in [0.25, 0.3) is 0 Å². The molecule has 25 heavy (non-hydrogen) atoms. The highest BCUT2D eigenvalue weighted by atomic mass is 16.5. The number of nitrogens with zero attached hydrogens (tertiary/aromatic N) is 1. The number of hydrogen-bond donors (Lipinski definition) is 1. The topological polar surface area (TPSA) is 50.8 Å². The summed E-state index contributed by atoms with van der Waals surface area (Å²) in [5, 5.41) is 3.20. The smallest absolute Gasteiger partial charge is 0.220 e. The van der Waals surface area contributed by atoms with Crippen LogP contribution in [0.5, 0.6) is 5.75 Å². The maximum absolute atomic E-state index is 12.1. The molecule has 5 nitrogen and oxygen atoms in total. The molecule has 1 saturated carbocycles. The maximum Gasteiger partial charge on any atom is 0.220 e. The fraction of sp³-hybridized carbons (Fsp3) is 0.650. The fourth-order valence-corrected chi connectivity index (χ4v) is 4.23. The van der Waals surface area contributed by atoms with Gasteiger partial charge in [-0.05, 0) is 36.5 Å². The Hall–Kier alpha value is -1.59. The zero-order valence-electron chi connectivity index (χ0n) is 15.0. The van der Waals surface area contributed by atoms with E-state index in [0.29, 0.717) is 18.3 Å². The van der Waals surface area contributed by atoms with Crippen LogP contribution < -0.4 is 10.1 Å². The van der Waals surface area contributed by atoms with Gasteiger partial charge >= 0.3 is 0 Å². The summed E-state index contributed by atoms with van der Waals surface area (Å²) >= 11 is 0. The zero-order valence-corrected chi connectivity index (χ0v) is 15.0. The molecule has 0 bridgehead atoms. The molecule has 2 saturated heterocycles. The first-order valence-corrected chi connectivity index (χ1v) is 9.37. The largest absolute Gasteiger partial charge is 0.497 e. The number of fused-ring (bicyclic) bond motifs is 1. The second kappa shape index (κ2) is 6.96. The molecule has 1 aromatic rings. The van der Waals surface area contributed by atoms with Crippen LogP contribution in [0.25, 0.3) is 0 Å². The van der Waals surface area contributed by atoms with Crippen LogP contribution >= 0.6 is 0 Å². The van der Waals surface area contributed by atoms with Crippen molar-refractivity contribution in [3.8, 4) is 5.75 Å². The third-order valence-electron chi connectivity index (χ3n) is 5.97. The van der Waals surface area contributed by atoms with E-state index in [-0.39, 0.29) is 11.3 Å². The summed E-state index contributed by atoms with van der Waals surface area (Å²) in [6.07, 6.45) is 3.15. The van der Waals surface area contributed by atoms with Crippen LogP contribution in [0.2, 0.25) is 0 Å². The maximum atomic E-state index is 12.1. The summed E-state index contributed by atoms with van der Waals surface area (Å²) in [4.78, 5) is 14.6. The van der Waals surface area contributed by atoms with Gasteiger partial charge < -0.3 is 14.8 Å². The number of methoxy groups -OCH3 is 1. The molecule has 136 valence electrons. The highest BCUT2D eigenvalue weighted by Crippen LogP contribution is 2.41. The molecule has 4 rings (SSSR count). The summed E-state index contributed by atoms with van der Waals surface area (Å²) in [6.45, 7) is 5.32. The van der Waals surface area contributed by atoms with E-state index in [4.69, 9.17) is 9.47 Å². The van der Waals surface area contributed by atoms with Crippen molar-refractivity contribution in [2.45, 2.75) is 25.8 Å². The number of carbonyl (C=O) groups excluding carboxylic acids is 1. The zero-order chi connectivity index (χ0) is 17.3. The van der Waals surface area contributed by atoms with E-state index in [1.165, 1.54) is 18.4 Å². The van der Waals surface area contributed by atoms with E-state index in [1.807, 2.05) is 12.1 Å². The Bertz CT molecular complexity index is 614. The lowest BCUT2D eigenvalue weighted by molar-refractivity contribution is -0.122. The second-order valence-corrected chi connectivity index (χ2v) is 8.02. The van der Waals surface area contributed by atoms with E-state index in [0.717, 1.165) is 45.1 Å². The standard InChI is InChI=1S/C20H28N2O3/c1-24-18-6-4-16(5-7-18)9-22-10-17-11-25-14-20(17,13-22)12-21-19(23)8-15-2-3-15/h4-7,15,17H,2-3,8-14H2,1H3,(H,21,23)/t17-,20+/m1/s1. The third-order valence-corrected chi connectivity index (χ3v) is 5.97. The SMILES string of the molecule is COc1ccc(CN2C[C@@H]3COC[C@]3(CNC(=O)CC3CC3)C2)cc1. The molecule has 5 heteroatoms. The van der Waals surface area contributed by atoms with Crippen molar-refractivity contribution < 1.29 is 14.3 Å². The minimum absolute atomic E-state index is 0.0890. The van der Waals surface area contributed by atoms with E-state index in [9.17, 15) is 4.79 Å². The van der Waals surface area contributed by atoms with Crippen LogP contribution in [0.3, 0.4) is 0 Å². The van der Waals surface area contributed by atoms with E-state index < -0.39 is 0 Å². The number of likely N-dealkylation sites (tertiary alicyclic amines) is 1. The average molecular weight is 344 g/mol. The molecule has 0 aromatic heterocycles. The number of rotatable bonds is 7. The van der Waals surface area contributed by atoms with Gasteiger partial charge in [0.1, 0.15) is 5.75 Å². The first kappa shape index (κ1) is 16.9. The lowest BCUT2D eigenvalue weighted by atomic mass is 9.81. The minimum Gasteiger partial charge on any atom is -0.497 e. The van der Waals surface area contributed by atoms with Gasteiger partial charge in [0.15, 0.2) is 0 Å². The summed E-state index contributed by atoms with van der Waals surface area (Å²) < 4.78 is 11.0.